The zero-order chi connectivity index (χ0) is 58.7. The molecule has 0 radical (unpaired) electrons. The van der Waals surface area contributed by atoms with E-state index in [2.05, 4.69) is 0 Å². The summed E-state index contributed by atoms with van der Waals surface area (Å²) in [7, 11) is 0. The molecule has 0 aliphatic rings. The molecule has 0 N–H and O–H groups in total. The van der Waals surface area contributed by atoms with Crippen LogP contribution in [0.4, 0.5) is 0 Å². The van der Waals surface area contributed by atoms with Crippen LogP contribution in [0.1, 0.15) is 39.8 Å². The summed E-state index contributed by atoms with van der Waals surface area (Å²) in [5.74, 6) is 0. The fraction of sp³-hybridized carbons (Fsp3) is 0. The fourth-order valence-corrected chi connectivity index (χ4v) is 6.73. The number of furan rings is 1. The zero-order valence-corrected chi connectivity index (χ0v) is 25.5. The van der Waals surface area contributed by atoms with Gasteiger partial charge in [-0.1, -0.05) is 169 Å². The van der Waals surface area contributed by atoms with Crippen molar-refractivity contribution < 1.29 is 44.2 Å². The second-order valence-corrected chi connectivity index (χ2v) is 11.3. The van der Waals surface area contributed by atoms with E-state index in [1.807, 2.05) is 0 Å². The summed E-state index contributed by atoms with van der Waals surface area (Å²) in [4.78, 5) is 0. The minimum Gasteiger partial charge on any atom is -0.456 e. The Hall–Kier alpha value is -6.70. The van der Waals surface area contributed by atoms with E-state index in [4.69, 9.17) is 27.7 Å². The number of rotatable bonds is 3. The topological polar surface area (TPSA) is 13.1 Å². The highest BCUT2D eigenvalue weighted by atomic mass is 16.3. The molecule has 10 aromatic carbocycles. The van der Waals surface area contributed by atoms with Crippen LogP contribution in [-0.4, -0.2) is 0 Å². The third-order valence-corrected chi connectivity index (χ3v) is 8.78. The number of hydrogen-bond acceptors (Lipinski definition) is 1. The average molecular weight is 676 g/mol. The molecular formula is C50H30O. The molecule has 1 heteroatoms. The molecule has 1 aromatic heterocycles. The van der Waals surface area contributed by atoms with Gasteiger partial charge in [0.25, 0.3) is 0 Å². The van der Waals surface area contributed by atoms with Crippen molar-refractivity contribution in [3.05, 3.63) is 181 Å². The molecule has 0 atom stereocenters. The van der Waals surface area contributed by atoms with Crippen molar-refractivity contribution in [1.82, 2.24) is 0 Å². The summed E-state index contributed by atoms with van der Waals surface area (Å²) in [6, 6.07) is -26.6. The van der Waals surface area contributed by atoms with E-state index in [0.29, 0.717) is 0 Å². The Morgan fingerprint density at radius 1 is 0.294 bits per heavy atom. The van der Waals surface area contributed by atoms with Gasteiger partial charge < -0.3 is 4.42 Å². The van der Waals surface area contributed by atoms with Gasteiger partial charge in [-0.2, -0.15) is 0 Å². The minimum absolute atomic E-state index is 0.266. The van der Waals surface area contributed by atoms with Gasteiger partial charge in [-0.15, -0.1) is 0 Å². The first-order chi connectivity index (χ1) is 37.4. The SMILES string of the molecule is [2H]c1cc2c(c([2H])c1[2H])c([2H])c([2H])c1oc3c([2H])c([2H])c([2H])c(-c4c([2H])c([2H])c5c([2H])c([2H])c([2H])c([2H])c5c4-c4c5c([2H])c([2H])c([2H])c([2H])c5c(-c5c([2H])c([2H])c([2H])c6c([2H])c([2H])c([2H])c([2H])c56)c5c([2H])c([2H])c([2H])c([2H])c45)c3c12. The van der Waals surface area contributed by atoms with Gasteiger partial charge in [0, 0.05) is 10.8 Å². The van der Waals surface area contributed by atoms with Gasteiger partial charge in [-0.25, -0.2) is 0 Å². The maximum Gasteiger partial charge on any atom is 0.136 e. The highest BCUT2D eigenvalue weighted by Crippen LogP contribution is 2.51. The van der Waals surface area contributed by atoms with Crippen LogP contribution in [0, 0.1) is 0 Å². The largest absolute Gasteiger partial charge is 0.456 e. The summed E-state index contributed by atoms with van der Waals surface area (Å²) in [5, 5.41) is -7.80. The predicted molar refractivity (Wildman–Crippen MR) is 218 cm³/mol. The lowest BCUT2D eigenvalue weighted by atomic mass is 9.81. The third-order valence-electron chi connectivity index (χ3n) is 8.78. The molecule has 1 heterocycles. The van der Waals surface area contributed by atoms with Crippen molar-refractivity contribution >= 4 is 75.8 Å². The molecule has 51 heavy (non-hydrogen) atoms. The number of hydrogen-bond donors (Lipinski definition) is 0. The van der Waals surface area contributed by atoms with Gasteiger partial charge in [0.1, 0.15) is 11.2 Å². The van der Waals surface area contributed by atoms with E-state index in [0.717, 1.165) is 6.07 Å². The first-order valence-electron chi connectivity index (χ1n) is 29.7. The van der Waals surface area contributed by atoms with E-state index < -0.39 is 274 Å². The molecule has 0 aliphatic carbocycles. The van der Waals surface area contributed by atoms with Crippen molar-refractivity contribution in [2.75, 3.05) is 0 Å². The normalized spacial score (nSPS) is 19.9. The van der Waals surface area contributed by atoms with E-state index >= 15 is 0 Å². The molecule has 0 spiro atoms. The van der Waals surface area contributed by atoms with Crippen LogP contribution in [0.5, 0.6) is 0 Å². The monoisotopic (exact) mass is 675 g/mol. The van der Waals surface area contributed by atoms with Crippen LogP contribution >= 0.6 is 0 Å². The summed E-state index contributed by atoms with van der Waals surface area (Å²) >= 11 is 0. The van der Waals surface area contributed by atoms with Crippen molar-refractivity contribution in [3.8, 4) is 33.4 Å². The van der Waals surface area contributed by atoms with Crippen molar-refractivity contribution in [2.24, 2.45) is 0 Å². The Morgan fingerprint density at radius 3 is 1.55 bits per heavy atom. The Bertz CT molecular complexity index is 4780. The van der Waals surface area contributed by atoms with Crippen LogP contribution in [0.2, 0.25) is 0 Å². The van der Waals surface area contributed by atoms with Gasteiger partial charge in [-0.3, -0.25) is 0 Å². The van der Waals surface area contributed by atoms with Gasteiger partial charge in [0.2, 0.25) is 0 Å². The van der Waals surface area contributed by atoms with Crippen molar-refractivity contribution in [1.29, 1.82) is 0 Å². The molecule has 1 nitrogen and oxygen atoms in total. The Morgan fingerprint density at radius 2 is 0.804 bits per heavy atom. The van der Waals surface area contributed by atoms with Gasteiger partial charge in [0.05, 0.1) is 39.8 Å². The fourth-order valence-electron chi connectivity index (χ4n) is 6.73. The second kappa shape index (κ2) is 10.9. The Kier molecular flexibility index (Phi) is 2.56. The van der Waals surface area contributed by atoms with Crippen molar-refractivity contribution in [3.63, 3.8) is 0 Å². The van der Waals surface area contributed by atoms with Gasteiger partial charge >= 0.3 is 0 Å². The molecular weight excluding hydrogens is 617 g/mol. The number of fused-ring (bicyclic) bond motifs is 9. The smallest absolute Gasteiger partial charge is 0.136 e. The van der Waals surface area contributed by atoms with E-state index in [-0.39, 0.29) is 10.8 Å². The van der Waals surface area contributed by atoms with Gasteiger partial charge in [0.15, 0.2) is 0 Å². The molecule has 0 aliphatic heterocycles. The van der Waals surface area contributed by atoms with Crippen LogP contribution in [-0.2, 0) is 0 Å². The van der Waals surface area contributed by atoms with E-state index in [1.165, 1.54) is 0 Å². The highest BCUT2D eigenvalue weighted by Gasteiger charge is 2.23. The summed E-state index contributed by atoms with van der Waals surface area (Å²) in [6.45, 7) is 0. The van der Waals surface area contributed by atoms with Gasteiger partial charge in [-0.05, 0) is 99.3 Å². The standard InChI is InChI=1S/C50H30O/c1-4-17-34-31(13-1)16-11-24-37(34)46-38-20-7-9-22-40(38)48(41-23-10-8-21-39(41)46)47-35-18-5-2-14-32(35)27-29-43(47)42-25-12-26-44-50(42)49-36-19-6-3-15-33(36)28-30-45(49)51-44/h1-30H/i1D,2D,3D,4D,5D,6D,7D,8D,9D,10D,11D,12D,13D,14D,15D,16D,17D,18D,20D,21D,22D,23D,24D,25D,26D,27D,28D,29D,30D. The molecule has 11 rings (SSSR count). The molecule has 0 unspecified atom stereocenters. The molecule has 236 valence electrons. The van der Waals surface area contributed by atoms with Crippen LogP contribution in [0.3, 0.4) is 0 Å². The summed E-state index contributed by atoms with van der Waals surface area (Å²) < 4.78 is 273. The predicted octanol–water partition coefficient (Wildman–Crippen LogP) is 14.4. The first kappa shape index (κ1) is 12.0. The van der Waals surface area contributed by atoms with Crippen molar-refractivity contribution in [2.45, 2.75) is 0 Å². The third kappa shape index (κ3) is 4.09. The Balaban J connectivity index is 1.57. The highest BCUT2D eigenvalue weighted by molar-refractivity contribution is 6.29. The average Bonchev–Trinajstić information content (AvgIpc) is 3.85. The molecule has 0 saturated carbocycles. The number of benzene rings is 10. The molecule has 0 amide bonds. The maximum atomic E-state index is 10.0. The quantitative estimate of drug-likeness (QED) is 0.170. The van der Waals surface area contributed by atoms with Crippen LogP contribution < -0.4 is 0 Å². The van der Waals surface area contributed by atoms with E-state index in [9.17, 15) is 16.4 Å². The van der Waals surface area contributed by atoms with E-state index in [1.54, 1.807) is 0 Å². The lowest BCUT2D eigenvalue weighted by Crippen LogP contribution is -1.94. The minimum atomic E-state index is -1.09. The van der Waals surface area contributed by atoms with Crippen LogP contribution in [0.15, 0.2) is 186 Å². The molecule has 0 bridgehead atoms. The molecule has 0 fully saturated rings. The lowest BCUT2D eigenvalue weighted by Gasteiger charge is -2.22. The summed E-state index contributed by atoms with van der Waals surface area (Å²) in [6.07, 6.45) is 0. The Labute approximate surface area is 335 Å². The second-order valence-electron chi connectivity index (χ2n) is 11.3. The zero-order valence-electron chi connectivity index (χ0n) is 54.5. The van der Waals surface area contributed by atoms with Crippen LogP contribution in [0.25, 0.3) is 109 Å². The summed E-state index contributed by atoms with van der Waals surface area (Å²) in [5.41, 5.74) is -6.04. The molecule has 11 aromatic rings. The molecule has 0 saturated heterocycles. The first-order valence-corrected chi connectivity index (χ1v) is 15.2. The lowest BCUT2D eigenvalue weighted by molar-refractivity contribution is 0.669. The maximum absolute atomic E-state index is 10.0.